The highest BCUT2D eigenvalue weighted by atomic mass is 19.1. The molecule has 7 heteroatoms. The van der Waals surface area contributed by atoms with E-state index >= 15 is 0 Å². The minimum absolute atomic E-state index is 0.0827. The van der Waals surface area contributed by atoms with Gasteiger partial charge in [0, 0.05) is 39.0 Å². The van der Waals surface area contributed by atoms with Gasteiger partial charge in [-0.2, -0.15) is 0 Å². The van der Waals surface area contributed by atoms with Crippen LogP contribution in [0.3, 0.4) is 0 Å². The van der Waals surface area contributed by atoms with Gasteiger partial charge in [-0.15, -0.1) is 0 Å². The molecule has 1 aromatic heterocycles. The third kappa shape index (κ3) is 5.98. The van der Waals surface area contributed by atoms with Crippen LogP contribution < -0.4 is 10.6 Å². The Hall–Kier alpha value is -2.54. The Morgan fingerprint density at radius 2 is 2.17 bits per heavy atom. The van der Waals surface area contributed by atoms with E-state index in [0.717, 1.165) is 61.7 Å². The smallest absolute Gasteiger partial charge is 0.222 e. The number of nitrogens with one attached hydrogen (secondary N) is 2. The fraction of sp³-hybridized carbons (Fsp3) is 0.522. The van der Waals surface area contributed by atoms with Gasteiger partial charge < -0.3 is 15.5 Å². The number of benzene rings is 1. The van der Waals surface area contributed by atoms with Gasteiger partial charge >= 0.3 is 0 Å². The van der Waals surface area contributed by atoms with Crippen molar-refractivity contribution in [3.63, 3.8) is 0 Å². The molecule has 0 radical (unpaired) electrons. The second-order valence-electron chi connectivity index (χ2n) is 8.08. The number of carbonyl (C=O) groups excluding carboxylic acids is 1. The molecular formula is C23H32FN5O. The fourth-order valence-electron chi connectivity index (χ4n) is 3.81. The van der Waals surface area contributed by atoms with Crippen molar-refractivity contribution in [1.82, 2.24) is 20.2 Å². The van der Waals surface area contributed by atoms with Gasteiger partial charge in [0.15, 0.2) is 0 Å². The lowest BCUT2D eigenvalue weighted by Crippen LogP contribution is -2.30. The number of hydrogen-bond acceptors (Lipinski definition) is 5. The Morgan fingerprint density at radius 1 is 1.33 bits per heavy atom. The maximum atomic E-state index is 13.4. The second kappa shape index (κ2) is 10.5. The van der Waals surface area contributed by atoms with Crippen LogP contribution in [0.5, 0.6) is 0 Å². The molecule has 1 amide bonds. The van der Waals surface area contributed by atoms with Gasteiger partial charge in [-0.25, -0.2) is 14.4 Å². The second-order valence-corrected chi connectivity index (χ2v) is 8.08. The summed E-state index contributed by atoms with van der Waals surface area (Å²) in [7, 11) is 3.66. The molecule has 2 aromatic rings. The van der Waals surface area contributed by atoms with E-state index in [4.69, 9.17) is 4.98 Å². The van der Waals surface area contributed by atoms with Crippen LogP contribution in [0.15, 0.2) is 24.3 Å². The number of aryl methyl sites for hydroxylation is 2. The SMILES string of the molecule is CNc1cc(CN(C)C(=O)CCCc2ccc(F)c(C)c2)nc(C2CCCNC2)n1. The maximum absolute atomic E-state index is 13.4. The van der Waals surface area contributed by atoms with E-state index in [1.54, 1.807) is 17.9 Å². The molecule has 1 unspecified atom stereocenters. The largest absolute Gasteiger partial charge is 0.373 e. The van der Waals surface area contributed by atoms with Gasteiger partial charge in [0.1, 0.15) is 17.5 Å². The van der Waals surface area contributed by atoms with Gasteiger partial charge in [-0.3, -0.25) is 4.79 Å². The maximum Gasteiger partial charge on any atom is 0.222 e. The van der Waals surface area contributed by atoms with Crippen molar-refractivity contribution in [2.75, 3.05) is 32.5 Å². The average molecular weight is 414 g/mol. The first kappa shape index (κ1) is 22.2. The molecule has 1 aromatic carbocycles. The number of nitrogens with zero attached hydrogens (tertiary/aromatic N) is 3. The van der Waals surface area contributed by atoms with Crippen molar-refractivity contribution in [2.24, 2.45) is 0 Å². The lowest BCUT2D eigenvalue weighted by atomic mass is 9.99. The number of rotatable bonds is 8. The molecule has 0 aliphatic carbocycles. The third-order valence-electron chi connectivity index (χ3n) is 5.62. The fourth-order valence-corrected chi connectivity index (χ4v) is 3.81. The van der Waals surface area contributed by atoms with Crippen LogP contribution in [0.2, 0.25) is 0 Å². The summed E-state index contributed by atoms with van der Waals surface area (Å²) in [6, 6.07) is 7.04. The van der Waals surface area contributed by atoms with Gasteiger partial charge in [0.2, 0.25) is 5.91 Å². The minimum Gasteiger partial charge on any atom is -0.373 e. The number of hydrogen-bond donors (Lipinski definition) is 2. The Bertz CT molecular complexity index is 867. The van der Waals surface area contributed by atoms with Crippen molar-refractivity contribution < 1.29 is 9.18 Å². The number of anilines is 1. The average Bonchev–Trinajstić information content (AvgIpc) is 2.76. The van der Waals surface area contributed by atoms with Crippen molar-refractivity contribution in [2.45, 2.75) is 51.5 Å². The van der Waals surface area contributed by atoms with Crippen molar-refractivity contribution >= 4 is 11.7 Å². The van der Waals surface area contributed by atoms with Gasteiger partial charge in [-0.1, -0.05) is 12.1 Å². The number of halogens is 1. The molecule has 30 heavy (non-hydrogen) atoms. The first-order valence-electron chi connectivity index (χ1n) is 10.7. The predicted molar refractivity (Wildman–Crippen MR) is 117 cm³/mol. The first-order valence-corrected chi connectivity index (χ1v) is 10.7. The summed E-state index contributed by atoms with van der Waals surface area (Å²) in [5.41, 5.74) is 2.55. The topological polar surface area (TPSA) is 70.2 Å². The van der Waals surface area contributed by atoms with Crippen LogP contribution in [0.1, 0.15) is 54.2 Å². The first-order chi connectivity index (χ1) is 14.5. The van der Waals surface area contributed by atoms with E-state index in [-0.39, 0.29) is 11.7 Å². The number of carbonyl (C=O) groups is 1. The molecule has 1 fully saturated rings. The molecule has 2 N–H and O–H groups in total. The molecular weight excluding hydrogens is 381 g/mol. The summed E-state index contributed by atoms with van der Waals surface area (Å²) in [6.45, 7) is 4.16. The highest BCUT2D eigenvalue weighted by Crippen LogP contribution is 2.22. The van der Waals surface area contributed by atoms with Crippen molar-refractivity contribution in [1.29, 1.82) is 0 Å². The summed E-state index contributed by atoms with van der Waals surface area (Å²) in [4.78, 5) is 23.7. The Kier molecular flexibility index (Phi) is 7.74. The van der Waals surface area contributed by atoms with E-state index in [2.05, 4.69) is 15.6 Å². The van der Waals surface area contributed by atoms with Crippen molar-refractivity contribution in [3.8, 4) is 0 Å². The molecule has 6 nitrogen and oxygen atoms in total. The van der Waals surface area contributed by atoms with Gasteiger partial charge in [-0.05, 0) is 56.3 Å². The van der Waals surface area contributed by atoms with E-state index < -0.39 is 0 Å². The number of amides is 1. The Balaban J connectivity index is 1.56. The Morgan fingerprint density at radius 3 is 2.87 bits per heavy atom. The normalized spacial score (nSPS) is 16.3. The quantitative estimate of drug-likeness (QED) is 0.694. The van der Waals surface area contributed by atoms with Crippen LogP contribution in [0.4, 0.5) is 10.2 Å². The van der Waals surface area contributed by atoms with E-state index in [9.17, 15) is 9.18 Å². The van der Waals surface area contributed by atoms with Crippen LogP contribution in [-0.2, 0) is 17.8 Å². The molecule has 1 aliphatic heterocycles. The molecule has 1 atom stereocenters. The van der Waals surface area contributed by atoms with Crippen LogP contribution in [0.25, 0.3) is 0 Å². The molecule has 2 heterocycles. The van der Waals surface area contributed by atoms with Crippen LogP contribution in [0, 0.1) is 12.7 Å². The molecule has 0 saturated carbocycles. The zero-order chi connectivity index (χ0) is 21.5. The number of piperidine rings is 1. The Labute approximate surface area is 178 Å². The summed E-state index contributed by atoms with van der Waals surface area (Å²) >= 11 is 0. The van der Waals surface area contributed by atoms with Crippen LogP contribution >= 0.6 is 0 Å². The summed E-state index contributed by atoms with van der Waals surface area (Å²) in [5.74, 6) is 1.83. The highest BCUT2D eigenvalue weighted by molar-refractivity contribution is 5.75. The monoisotopic (exact) mass is 413 g/mol. The highest BCUT2D eigenvalue weighted by Gasteiger charge is 2.20. The molecule has 1 saturated heterocycles. The third-order valence-corrected chi connectivity index (χ3v) is 5.62. The summed E-state index contributed by atoms with van der Waals surface area (Å²) < 4.78 is 13.4. The van der Waals surface area contributed by atoms with Gasteiger partial charge in [0.05, 0.1) is 12.2 Å². The van der Waals surface area contributed by atoms with Crippen molar-refractivity contribution in [3.05, 3.63) is 52.7 Å². The molecule has 0 spiro atoms. The standard InChI is InChI=1S/C23H32FN5O/c1-16-12-17(9-10-20(16)24)6-4-8-22(30)29(3)15-19-13-21(25-2)28-23(27-19)18-7-5-11-26-14-18/h9-10,12-13,18,26H,4-8,11,14-15H2,1-3H3,(H,25,27,28). The minimum atomic E-state index is -0.191. The zero-order valence-corrected chi connectivity index (χ0v) is 18.2. The lowest BCUT2D eigenvalue weighted by Gasteiger charge is -2.23. The van der Waals surface area contributed by atoms with E-state index in [1.807, 2.05) is 26.2 Å². The van der Waals surface area contributed by atoms with E-state index in [0.29, 0.717) is 24.4 Å². The molecule has 1 aliphatic rings. The summed E-state index contributed by atoms with van der Waals surface area (Å²) in [5, 5.41) is 6.52. The van der Waals surface area contributed by atoms with Crippen LogP contribution in [-0.4, -0.2) is 48.0 Å². The predicted octanol–water partition coefficient (Wildman–Crippen LogP) is 3.41. The number of aromatic nitrogens is 2. The zero-order valence-electron chi connectivity index (χ0n) is 18.2. The lowest BCUT2D eigenvalue weighted by molar-refractivity contribution is -0.130. The molecule has 162 valence electrons. The summed E-state index contributed by atoms with van der Waals surface area (Å²) in [6.07, 6.45) is 4.16. The van der Waals surface area contributed by atoms with E-state index in [1.165, 1.54) is 6.07 Å². The molecule has 3 rings (SSSR count). The van der Waals surface area contributed by atoms with Gasteiger partial charge in [0.25, 0.3) is 0 Å². The molecule has 0 bridgehead atoms.